The van der Waals surface area contributed by atoms with Crippen LogP contribution < -0.4 is 0 Å². The number of para-hydroxylation sites is 1. The number of nitrogens with zero attached hydrogens (tertiary/aromatic N) is 4. The predicted octanol–water partition coefficient (Wildman–Crippen LogP) is 0.885. The van der Waals surface area contributed by atoms with Crippen LogP contribution in [0, 0.1) is 6.92 Å². The number of aliphatic hydroxyl groups excluding tert-OH is 1. The van der Waals surface area contributed by atoms with Gasteiger partial charge in [0, 0.05) is 19.0 Å². The van der Waals surface area contributed by atoms with Crippen molar-refractivity contribution in [2.24, 2.45) is 0 Å². The monoisotopic (exact) mass is 330 g/mol. The molecule has 1 atom stereocenters. The standard InChI is InChI=1S/C17H22N4O3/c1-13-16(19-21(18-13)14-5-3-2-4-6-14)10-20-12-17(9-15(20)11-22)23-7-8-24-17/h2-6,15,22H,7-12H2,1H3/t15-/m1/s1. The zero-order valence-electron chi connectivity index (χ0n) is 13.8. The van der Waals surface area contributed by atoms with Crippen molar-refractivity contribution in [3.05, 3.63) is 41.7 Å². The lowest BCUT2D eigenvalue weighted by atomic mass is 10.1. The summed E-state index contributed by atoms with van der Waals surface area (Å²) in [6.45, 7) is 4.56. The Kier molecular flexibility index (Phi) is 4.09. The molecule has 1 aromatic heterocycles. The Balaban J connectivity index is 1.53. The van der Waals surface area contributed by atoms with E-state index in [9.17, 15) is 5.11 Å². The lowest BCUT2D eigenvalue weighted by Crippen LogP contribution is -2.35. The molecule has 1 spiro atoms. The summed E-state index contributed by atoms with van der Waals surface area (Å²) >= 11 is 0. The van der Waals surface area contributed by atoms with E-state index < -0.39 is 5.79 Å². The van der Waals surface area contributed by atoms with Crippen molar-refractivity contribution in [1.82, 2.24) is 19.9 Å². The number of hydrogen-bond donors (Lipinski definition) is 1. The second kappa shape index (κ2) is 6.25. The minimum atomic E-state index is -0.559. The summed E-state index contributed by atoms with van der Waals surface area (Å²) in [7, 11) is 0. The van der Waals surface area contributed by atoms with Crippen LogP contribution in [0.5, 0.6) is 0 Å². The van der Waals surface area contributed by atoms with Gasteiger partial charge in [0.2, 0.25) is 0 Å². The highest BCUT2D eigenvalue weighted by molar-refractivity contribution is 5.29. The number of likely N-dealkylation sites (tertiary alicyclic amines) is 1. The molecular weight excluding hydrogens is 308 g/mol. The molecule has 0 unspecified atom stereocenters. The highest BCUT2D eigenvalue weighted by atomic mass is 16.7. The molecule has 0 aliphatic carbocycles. The van der Waals surface area contributed by atoms with E-state index in [1.807, 2.05) is 37.3 Å². The first-order valence-corrected chi connectivity index (χ1v) is 8.30. The number of hydrogen-bond acceptors (Lipinski definition) is 6. The molecule has 2 saturated heterocycles. The summed E-state index contributed by atoms with van der Waals surface area (Å²) in [6.07, 6.45) is 0.690. The molecular formula is C17H22N4O3. The molecule has 2 aromatic rings. The molecule has 24 heavy (non-hydrogen) atoms. The van der Waals surface area contributed by atoms with Crippen molar-refractivity contribution in [1.29, 1.82) is 0 Å². The van der Waals surface area contributed by atoms with Gasteiger partial charge in [0.25, 0.3) is 0 Å². The van der Waals surface area contributed by atoms with Crippen LogP contribution in [0.25, 0.3) is 5.69 Å². The molecule has 2 fully saturated rings. The zero-order chi connectivity index (χ0) is 16.6. The summed E-state index contributed by atoms with van der Waals surface area (Å²) in [4.78, 5) is 3.84. The fourth-order valence-corrected chi connectivity index (χ4v) is 3.49. The van der Waals surface area contributed by atoms with Crippen LogP contribution in [0.2, 0.25) is 0 Å². The third-order valence-corrected chi connectivity index (χ3v) is 4.75. The van der Waals surface area contributed by atoms with Gasteiger partial charge in [-0.05, 0) is 19.1 Å². The first kappa shape index (κ1) is 15.7. The number of aryl methyl sites for hydroxylation is 1. The van der Waals surface area contributed by atoms with Gasteiger partial charge in [0.05, 0.1) is 37.7 Å². The Hall–Kier alpha value is -1.80. The highest BCUT2D eigenvalue weighted by Crippen LogP contribution is 2.35. The van der Waals surface area contributed by atoms with E-state index in [4.69, 9.17) is 9.47 Å². The summed E-state index contributed by atoms with van der Waals surface area (Å²) in [5.74, 6) is -0.559. The van der Waals surface area contributed by atoms with Crippen molar-refractivity contribution in [3.63, 3.8) is 0 Å². The van der Waals surface area contributed by atoms with E-state index in [1.165, 1.54) is 0 Å². The number of aromatic nitrogens is 3. The molecule has 7 heteroatoms. The second-order valence-electron chi connectivity index (χ2n) is 6.41. The van der Waals surface area contributed by atoms with Gasteiger partial charge >= 0.3 is 0 Å². The van der Waals surface area contributed by atoms with Crippen molar-refractivity contribution >= 4 is 0 Å². The number of rotatable bonds is 4. The van der Waals surface area contributed by atoms with Crippen LogP contribution >= 0.6 is 0 Å². The maximum atomic E-state index is 9.72. The summed E-state index contributed by atoms with van der Waals surface area (Å²) in [6, 6.07) is 9.88. The van der Waals surface area contributed by atoms with Crippen molar-refractivity contribution < 1.29 is 14.6 Å². The van der Waals surface area contributed by atoms with E-state index in [0.29, 0.717) is 32.7 Å². The molecule has 1 N–H and O–H groups in total. The third-order valence-electron chi connectivity index (χ3n) is 4.75. The predicted molar refractivity (Wildman–Crippen MR) is 86.6 cm³/mol. The number of ether oxygens (including phenoxy) is 2. The summed E-state index contributed by atoms with van der Waals surface area (Å²) < 4.78 is 11.6. The molecule has 3 heterocycles. The van der Waals surface area contributed by atoms with Gasteiger partial charge < -0.3 is 14.6 Å². The van der Waals surface area contributed by atoms with Crippen molar-refractivity contribution in [3.8, 4) is 5.69 Å². The Morgan fingerprint density at radius 3 is 2.67 bits per heavy atom. The first-order valence-electron chi connectivity index (χ1n) is 8.30. The zero-order valence-corrected chi connectivity index (χ0v) is 13.8. The van der Waals surface area contributed by atoms with Gasteiger partial charge in [0.15, 0.2) is 5.79 Å². The molecule has 4 rings (SSSR count). The molecule has 7 nitrogen and oxygen atoms in total. The van der Waals surface area contributed by atoms with Crippen LogP contribution in [0.15, 0.2) is 30.3 Å². The maximum Gasteiger partial charge on any atom is 0.182 e. The molecule has 2 aliphatic rings. The average molecular weight is 330 g/mol. The number of aliphatic hydroxyl groups is 1. The molecule has 0 amide bonds. The van der Waals surface area contributed by atoms with Gasteiger partial charge in [-0.2, -0.15) is 15.0 Å². The van der Waals surface area contributed by atoms with E-state index in [-0.39, 0.29) is 12.6 Å². The first-order chi connectivity index (χ1) is 11.7. The molecule has 1 aromatic carbocycles. The van der Waals surface area contributed by atoms with Gasteiger partial charge in [0.1, 0.15) is 5.69 Å². The normalized spacial score (nSPS) is 23.3. The minimum absolute atomic E-state index is 0.0179. The average Bonchev–Trinajstić information content (AvgIpc) is 3.30. The molecule has 2 aliphatic heterocycles. The van der Waals surface area contributed by atoms with E-state index in [1.54, 1.807) is 4.80 Å². The second-order valence-corrected chi connectivity index (χ2v) is 6.41. The van der Waals surface area contributed by atoms with E-state index >= 15 is 0 Å². The fourth-order valence-electron chi connectivity index (χ4n) is 3.49. The SMILES string of the molecule is Cc1nn(-c2ccccc2)nc1CN1CC2(C[C@@H]1CO)OCCO2. The van der Waals surface area contributed by atoms with Crippen LogP contribution in [0.1, 0.15) is 17.8 Å². The Morgan fingerprint density at radius 2 is 1.96 bits per heavy atom. The molecule has 128 valence electrons. The lowest BCUT2D eigenvalue weighted by molar-refractivity contribution is -0.146. The van der Waals surface area contributed by atoms with Crippen molar-refractivity contribution in [2.45, 2.75) is 31.7 Å². The molecule has 0 bridgehead atoms. The molecule has 0 saturated carbocycles. The van der Waals surface area contributed by atoms with E-state index in [0.717, 1.165) is 17.1 Å². The van der Waals surface area contributed by atoms with Gasteiger partial charge in [-0.25, -0.2) is 0 Å². The fraction of sp³-hybridized carbons (Fsp3) is 0.529. The highest BCUT2D eigenvalue weighted by Gasteiger charge is 2.48. The quantitative estimate of drug-likeness (QED) is 0.897. The largest absolute Gasteiger partial charge is 0.395 e. The van der Waals surface area contributed by atoms with Crippen LogP contribution in [-0.2, 0) is 16.0 Å². The maximum absolute atomic E-state index is 9.72. The van der Waals surface area contributed by atoms with Gasteiger partial charge in [-0.1, -0.05) is 18.2 Å². The van der Waals surface area contributed by atoms with Crippen LogP contribution in [-0.4, -0.2) is 63.2 Å². The molecule has 0 radical (unpaired) electrons. The van der Waals surface area contributed by atoms with Crippen LogP contribution in [0.4, 0.5) is 0 Å². The Labute approximate surface area is 140 Å². The third kappa shape index (κ3) is 2.84. The smallest absolute Gasteiger partial charge is 0.182 e. The van der Waals surface area contributed by atoms with Crippen LogP contribution in [0.3, 0.4) is 0 Å². The summed E-state index contributed by atoms with van der Waals surface area (Å²) in [5, 5.41) is 18.9. The number of benzene rings is 1. The van der Waals surface area contributed by atoms with E-state index in [2.05, 4.69) is 15.1 Å². The lowest BCUT2D eigenvalue weighted by Gasteiger charge is -2.22. The minimum Gasteiger partial charge on any atom is -0.395 e. The summed E-state index contributed by atoms with van der Waals surface area (Å²) in [5.41, 5.74) is 2.74. The van der Waals surface area contributed by atoms with Crippen molar-refractivity contribution in [2.75, 3.05) is 26.4 Å². The van der Waals surface area contributed by atoms with Gasteiger partial charge in [-0.15, -0.1) is 0 Å². The topological polar surface area (TPSA) is 72.6 Å². The Bertz CT molecular complexity index is 697. The Morgan fingerprint density at radius 1 is 1.21 bits per heavy atom. The van der Waals surface area contributed by atoms with Gasteiger partial charge in [-0.3, -0.25) is 4.90 Å².